The van der Waals surface area contributed by atoms with Crippen LogP contribution in [0.1, 0.15) is 0 Å². The third-order valence-corrected chi connectivity index (χ3v) is 1.85. The first-order valence-corrected chi connectivity index (χ1v) is 4.60. The molecule has 1 rings (SSSR count). The molecule has 1 aromatic heterocycles. The fourth-order valence-electron chi connectivity index (χ4n) is 0.978. The lowest BCUT2D eigenvalue weighted by Gasteiger charge is -2.17. The molecule has 0 aromatic carbocycles. The number of nitrogen functional groups attached to an aromatic ring is 1. The molecule has 8 nitrogen and oxygen atoms in total. The molecule has 1 aromatic rings. The molecule has 0 saturated heterocycles. The highest BCUT2D eigenvalue weighted by atomic mass is 16.2. The highest BCUT2D eigenvalue weighted by molar-refractivity contribution is 5.89. The fourth-order valence-corrected chi connectivity index (χ4v) is 0.978. The van der Waals surface area contributed by atoms with E-state index in [4.69, 9.17) is 5.73 Å². The fraction of sp³-hybridized carbons (Fsp3) is 0.500. The first kappa shape index (κ1) is 12.0. The molecule has 0 unspecified atom stereocenters. The summed E-state index contributed by atoms with van der Waals surface area (Å²) in [6, 6.07) is -0.324. The number of anilines is 3. The Balaban J connectivity index is 3.09. The number of amides is 2. The smallest absolute Gasteiger partial charge is 0.323 e. The number of carbonyl (C=O) groups excluding carboxylic acids is 1. The van der Waals surface area contributed by atoms with E-state index in [1.54, 1.807) is 26.0 Å². The van der Waals surface area contributed by atoms with Crippen LogP contribution in [0.25, 0.3) is 0 Å². The molecule has 0 bridgehead atoms. The molecule has 0 fully saturated rings. The lowest BCUT2D eigenvalue weighted by Crippen LogP contribution is -2.36. The Morgan fingerprint density at radius 3 is 2.25 bits per heavy atom. The van der Waals surface area contributed by atoms with Gasteiger partial charge < -0.3 is 16.0 Å². The number of aromatic nitrogens is 3. The molecule has 0 aliphatic heterocycles. The zero-order valence-corrected chi connectivity index (χ0v) is 9.72. The molecule has 88 valence electrons. The zero-order valence-electron chi connectivity index (χ0n) is 9.72. The molecule has 2 amide bonds. The van der Waals surface area contributed by atoms with Crippen LogP contribution in [0.15, 0.2) is 0 Å². The van der Waals surface area contributed by atoms with Crippen LogP contribution in [0.3, 0.4) is 0 Å². The van der Waals surface area contributed by atoms with Crippen molar-refractivity contribution in [3.63, 3.8) is 0 Å². The Hall–Kier alpha value is -2.12. The summed E-state index contributed by atoms with van der Waals surface area (Å²) in [6.45, 7) is 0. The number of nitrogens with two attached hydrogens (primary N) is 1. The Morgan fingerprint density at radius 2 is 1.75 bits per heavy atom. The van der Waals surface area contributed by atoms with Crippen LogP contribution < -0.4 is 20.9 Å². The third-order valence-electron chi connectivity index (χ3n) is 1.85. The maximum Gasteiger partial charge on any atom is 0.323 e. The number of nitrogens with zero attached hydrogens (tertiary/aromatic N) is 5. The van der Waals surface area contributed by atoms with Crippen molar-refractivity contribution in [2.75, 3.05) is 43.7 Å². The molecule has 0 aliphatic carbocycles. The van der Waals surface area contributed by atoms with Gasteiger partial charge in [-0.1, -0.05) is 0 Å². The van der Waals surface area contributed by atoms with Crippen LogP contribution in [-0.4, -0.2) is 49.2 Å². The van der Waals surface area contributed by atoms with Crippen molar-refractivity contribution in [1.29, 1.82) is 0 Å². The lowest BCUT2D eigenvalue weighted by molar-refractivity contribution is 0.249. The quantitative estimate of drug-likeness (QED) is 0.690. The minimum absolute atomic E-state index is 0.0736. The standard InChI is InChI=1S/C8H15N7O/c1-10-8(16)15(4)7-12-5(9)11-6(13-7)14(2)3/h1-4H3,(H,10,16)(H2,9,11,12,13). The van der Waals surface area contributed by atoms with Gasteiger partial charge in [-0.25, -0.2) is 4.79 Å². The Morgan fingerprint density at radius 1 is 1.19 bits per heavy atom. The van der Waals surface area contributed by atoms with E-state index in [-0.39, 0.29) is 17.9 Å². The van der Waals surface area contributed by atoms with E-state index in [0.29, 0.717) is 5.95 Å². The van der Waals surface area contributed by atoms with Crippen LogP contribution in [-0.2, 0) is 0 Å². The van der Waals surface area contributed by atoms with Crippen LogP contribution in [0.2, 0.25) is 0 Å². The number of rotatable bonds is 2. The zero-order chi connectivity index (χ0) is 12.3. The Kier molecular flexibility index (Phi) is 3.44. The highest BCUT2D eigenvalue weighted by Crippen LogP contribution is 2.12. The third kappa shape index (κ3) is 2.47. The van der Waals surface area contributed by atoms with Gasteiger partial charge in [-0.3, -0.25) is 4.90 Å². The first-order valence-electron chi connectivity index (χ1n) is 4.60. The van der Waals surface area contributed by atoms with E-state index in [1.807, 2.05) is 0 Å². The molecule has 1 heterocycles. The minimum Gasteiger partial charge on any atom is -0.368 e. The topological polar surface area (TPSA) is 100 Å². The number of hydrogen-bond acceptors (Lipinski definition) is 6. The lowest BCUT2D eigenvalue weighted by atomic mass is 10.7. The minimum atomic E-state index is -0.324. The van der Waals surface area contributed by atoms with Crippen molar-refractivity contribution in [2.45, 2.75) is 0 Å². The van der Waals surface area contributed by atoms with Gasteiger partial charge >= 0.3 is 6.03 Å². The van der Waals surface area contributed by atoms with Crippen LogP contribution in [0.4, 0.5) is 22.6 Å². The predicted molar refractivity (Wildman–Crippen MR) is 61.4 cm³/mol. The van der Waals surface area contributed by atoms with E-state index >= 15 is 0 Å². The summed E-state index contributed by atoms with van der Waals surface area (Å²) in [5.41, 5.74) is 5.53. The molecule has 0 aliphatic rings. The number of carbonyl (C=O) groups is 1. The van der Waals surface area contributed by atoms with Gasteiger partial charge in [0.15, 0.2) is 0 Å². The second-order valence-corrected chi connectivity index (χ2v) is 3.30. The molecule has 8 heteroatoms. The van der Waals surface area contributed by atoms with Gasteiger partial charge in [0.05, 0.1) is 0 Å². The van der Waals surface area contributed by atoms with Gasteiger partial charge in [0.1, 0.15) is 0 Å². The van der Waals surface area contributed by atoms with E-state index < -0.39 is 0 Å². The number of nitrogens with one attached hydrogen (secondary N) is 1. The molecule has 0 saturated carbocycles. The van der Waals surface area contributed by atoms with Crippen molar-refractivity contribution >= 4 is 23.9 Å². The van der Waals surface area contributed by atoms with Crippen molar-refractivity contribution in [1.82, 2.24) is 20.3 Å². The summed E-state index contributed by atoms with van der Waals surface area (Å²) in [5.74, 6) is 0.679. The van der Waals surface area contributed by atoms with Crippen LogP contribution in [0.5, 0.6) is 0 Å². The van der Waals surface area contributed by atoms with E-state index in [0.717, 1.165) is 0 Å². The summed E-state index contributed by atoms with van der Waals surface area (Å²) < 4.78 is 0. The molecule has 0 atom stereocenters. The largest absolute Gasteiger partial charge is 0.368 e. The summed E-state index contributed by atoms with van der Waals surface area (Å²) in [7, 11) is 6.63. The molecular formula is C8H15N7O. The first-order chi connectivity index (χ1) is 7.45. The number of hydrogen-bond donors (Lipinski definition) is 2. The monoisotopic (exact) mass is 225 g/mol. The summed E-state index contributed by atoms with van der Waals surface area (Å²) in [6.07, 6.45) is 0. The van der Waals surface area contributed by atoms with Gasteiger partial charge in [-0.2, -0.15) is 15.0 Å². The van der Waals surface area contributed by atoms with Gasteiger partial charge in [0, 0.05) is 28.2 Å². The van der Waals surface area contributed by atoms with Gasteiger partial charge in [-0.15, -0.1) is 0 Å². The van der Waals surface area contributed by atoms with Crippen LogP contribution >= 0.6 is 0 Å². The molecule has 3 N–H and O–H groups in total. The summed E-state index contributed by atoms with van der Waals surface area (Å²) >= 11 is 0. The van der Waals surface area contributed by atoms with Crippen molar-refractivity contribution < 1.29 is 4.79 Å². The molecule has 0 radical (unpaired) electrons. The normalized spacial score (nSPS) is 9.75. The van der Waals surface area contributed by atoms with E-state index in [1.165, 1.54) is 11.9 Å². The molecular weight excluding hydrogens is 210 g/mol. The average Bonchev–Trinajstić information content (AvgIpc) is 2.26. The molecule has 0 spiro atoms. The average molecular weight is 225 g/mol. The Labute approximate surface area is 93.5 Å². The van der Waals surface area contributed by atoms with Crippen molar-refractivity contribution in [3.8, 4) is 0 Å². The van der Waals surface area contributed by atoms with Gasteiger partial charge in [0.2, 0.25) is 17.8 Å². The predicted octanol–water partition coefficient (Wildman–Crippen LogP) is -0.705. The summed E-state index contributed by atoms with van der Waals surface area (Å²) in [4.78, 5) is 26.2. The van der Waals surface area contributed by atoms with E-state index in [9.17, 15) is 4.79 Å². The number of urea groups is 1. The highest BCUT2D eigenvalue weighted by Gasteiger charge is 2.14. The second kappa shape index (κ2) is 4.60. The van der Waals surface area contributed by atoms with Crippen molar-refractivity contribution in [2.24, 2.45) is 0 Å². The SMILES string of the molecule is CNC(=O)N(C)c1nc(N)nc(N(C)C)n1. The maximum atomic E-state index is 11.4. The van der Waals surface area contributed by atoms with Gasteiger partial charge in [0.25, 0.3) is 0 Å². The Bertz CT molecular complexity index is 392. The van der Waals surface area contributed by atoms with E-state index in [2.05, 4.69) is 20.3 Å². The second-order valence-electron chi connectivity index (χ2n) is 3.30. The van der Waals surface area contributed by atoms with Gasteiger partial charge in [-0.05, 0) is 0 Å². The van der Waals surface area contributed by atoms with Crippen molar-refractivity contribution in [3.05, 3.63) is 0 Å². The van der Waals surface area contributed by atoms with Crippen LogP contribution in [0, 0.1) is 0 Å². The maximum absolute atomic E-state index is 11.4. The molecule has 16 heavy (non-hydrogen) atoms. The summed E-state index contributed by atoms with van der Waals surface area (Å²) in [5, 5.41) is 2.46.